The third-order valence-corrected chi connectivity index (χ3v) is 6.98. The van der Waals surface area contributed by atoms with Crippen LogP contribution < -0.4 is 4.90 Å². The average molecular weight is 450 g/mol. The number of benzene rings is 1. The highest BCUT2D eigenvalue weighted by atomic mass is 19.1. The number of amides is 1. The van der Waals surface area contributed by atoms with E-state index in [-0.39, 0.29) is 11.7 Å². The van der Waals surface area contributed by atoms with Crippen molar-refractivity contribution in [3.63, 3.8) is 0 Å². The predicted octanol–water partition coefficient (Wildman–Crippen LogP) is 2.71. The fraction of sp³-hybridized carbons (Fsp3) is 0.500. The molecule has 3 fully saturated rings. The Labute approximate surface area is 192 Å². The van der Waals surface area contributed by atoms with Crippen LogP contribution in [0.1, 0.15) is 31.7 Å². The van der Waals surface area contributed by atoms with Crippen molar-refractivity contribution >= 4 is 22.8 Å². The van der Waals surface area contributed by atoms with Gasteiger partial charge in [-0.1, -0.05) is 0 Å². The first-order valence-electron chi connectivity index (χ1n) is 11.9. The third kappa shape index (κ3) is 4.06. The summed E-state index contributed by atoms with van der Waals surface area (Å²) in [6.07, 6.45) is 6.15. The fourth-order valence-electron chi connectivity index (χ4n) is 5.00. The van der Waals surface area contributed by atoms with E-state index in [9.17, 15) is 9.18 Å². The maximum absolute atomic E-state index is 13.9. The highest BCUT2D eigenvalue weighted by molar-refractivity contribution is 5.81. The van der Waals surface area contributed by atoms with E-state index < -0.39 is 0 Å². The standard InChI is InChI=1S/C24H28FN7O/c25-18-3-6-20-21(14-18)32(19-4-5-19)24(27-20)17-13-22(28-26-15-17)30-11-9-29(10-12-30)16-23(33)31-7-1-2-8-31/h3,6,13-15,19H,1-2,4-5,7-12,16H2. The zero-order valence-electron chi connectivity index (χ0n) is 18.7. The van der Waals surface area contributed by atoms with Gasteiger partial charge in [-0.25, -0.2) is 9.37 Å². The molecule has 2 aromatic heterocycles. The largest absolute Gasteiger partial charge is 0.353 e. The van der Waals surface area contributed by atoms with Gasteiger partial charge in [0.15, 0.2) is 5.82 Å². The van der Waals surface area contributed by atoms with E-state index in [2.05, 4.69) is 24.6 Å². The SMILES string of the molecule is O=C(CN1CCN(c2cc(-c3nc4ccc(F)cc4n3C3CC3)cnn2)CC1)N1CCCC1. The van der Waals surface area contributed by atoms with E-state index in [1.165, 1.54) is 6.07 Å². The Kier molecular flexibility index (Phi) is 5.21. The van der Waals surface area contributed by atoms with Crippen LogP contribution in [0.4, 0.5) is 10.2 Å². The number of likely N-dealkylation sites (tertiary alicyclic amines) is 1. The van der Waals surface area contributed by atoms with Crippen LogP contribution >= 0.6 is 0 Å². The molecular weight excluding hydrogens is 421 g/mol. The Morgan fingerprint density at radius 1 is 1.03 bits per heavy atom. The summed E-state index contributed by atoms with van der Waals surface area (Å²) in [7, 11) is 0. The number of aromatic nitrogens is 4. The molecule has 172 valence electrons. The molecule has 1 saturated carbocycles. The molecule has 0 atom stereocenters. The highest BCUT2D eigenvalue weighted by Gasteiger charge is 2.30. The van der Waals surface area contributed by atoms with Crippen molar-refractivity contribution in [3.05, 3.63) is 36.3 Å². The van der Waals surface area contributed by atoms with Gasteiger partial charge >= 0.3 is 0 Å². The lowest BCUT2D eigenvalue weighted by atomic mass is 10.2. The molecule has 6 rings (SSSR count). The second-order valence-corrected chi connectivity index (χ2v) is 9.32. The normalized spacial score (nSPS) is 19.5. The smallest absolute Gasteiger partial charge is 0.236 e. The number of piperazine rings is 1. The van der Waals surface area contributed by atoms with Gasteiger partial charge in [0.1, 0.15) is 11.6 Å². The summed E-state index contributed by atoms with van der Waals surface area (Å²) in [4.78, 5) is 23.7. The quantitative estimate of drug-likeness (QED) is 0.597. The van der Waals surface area contributed by atoms with Crippen molar-refractivity contribution in [2.75, 3.05) is 50.7 Å². The van der Waals surface area contributed by atoms with Crippen molar-refractivity contribution < 1.29 is 9.18 Å². The summed E-state index contributed by atoms with van der Waals surface area (Å²) < 4.78 is 16.1. The van der Waals surface area contributed by atoms with Crippen LogP contribution in [0.2, 0.25) is 0 Å². The molecule has 9 heteroatoms. The van der Waals surface area contributed by atoms with E-state index in [0.717, 1.165) is 93.2 Å². The first kappa shape index (κ1) is 20.5. The fourth-order valence-corrected chi connectivity index (χ4v) is 5.00. The summed E-state index contributed by atoms with van der Waals surface area (Å²) in [6, 6.07) is 7.17. The van der Waals surface area contributed by atoms with Gasteiger partial charge in [0.25, 0.3) is 0 Å². The molecule has 4 heterocycles. The van der Waals surface area contributed by atoms with E-state index in [1.807, 2.05) is 11.0 Å². The van der Waals surface area contributed by atoms with Crippen LogP contribution in [-0.4, -0.2) is 81.3 Å². The Morgan fingerprint density at radius 3 is 2.58 bits per heavy atom. The number of nitrogens with zero attached hydrogens (tertiary/aromatic N) is 7. The van der Waals surface area contributed by atoms with Crippen LogP contribution in [0.15, 0.2) is 30.5 Å². The van der Waals surface area contributed by atoms with Crippen LogP contribution in [0.25, 0.3) is 22.4 Å². The minimum atomic E-state index is -0.245. The zero-order chi connectivity index (χ0) is 22.4. The zero-order valence-corrected chi connectivity index (χ0v) is 18.7. The Bertz CT molecular complexity index is 1180. The van der Waals surface area contributed by atoms with Crippen LogP contribution in [0.3, 0.4) is 0 Å². The molecule has 0 spiro atoms. The maximum atomic E-state index is 13.9. The van der Waals surface area contributed by atoms with Gasteiger partial charge < -0.3 is 14.4 Å². The van der Waals surface area contributed by atoms with Crippen molar-refractivity contribution in [1.29, 1.82) is 0 Å². The van der Waals surface area contributed by atoms with Crippen molar-refractivity contribution in [1.82, 2.24) is 29.5 Å². The average Bonchev–Trinajstić information content (AvgIpc) is 3.37. The highest BCUT2D eigenvalue weighted by Crippen LogP contribution is 2.41. The molecular formula is C24H28FN7O. The number of carbonyl (C=O) groups is 1. The summed E-state index contributed by atoms with van der Waals surface area (Å²) >= 11 is 0. The van der Waals surface area contributed by atoms with Crippen molar-refractivity contribution in [2.24, 2.45) is 0 Å². The van der Waals surface area contributed by atoms with Gasteiger partial charge in [0.05, 0.1) is 23.8 Å². The third-order valence-electron chi connectivity index (χ3n) is 6.98. The molecule has 3 aliphatic rings. The van der Waals surface area contributed by atoms with Gasteiger partial charge in [0.2, 0.25) is 5.91 Å². The first-order valence-corrected chi connectivity index (χ1v) is 11.9. The molecule has 0 bridgehead atoms. The van der Waals surface area contributed by atoms with Gasteiger partial charge in [-0.2, -0.15) is 5.10 Å². The van der Waals surface area contributed by atoms with Crippen LogP contribution in [0.5, 0.6) is 0 Å². The Morgan fingerprint density at radius 2 is 1.82 bits per heavy atom. The topological polar surface area (TPSA) is 70.4 Å². The van der Waals surface area contributed by atoms with E-state index in [0.29, 0.717) is 12.6 Å². The molecule has 0 N–H and O–H groups in total. The number of fused-ring (bicyclic) bond motifs is 1. The monoisotopic (exact) mass is 449 g/mol. The van der Waals surface area contributed by atoms with Crippen molar-refractivity contribution in [3.8, 4) is 11.4 Å². The Balaban J connectivity index is 1.19. The van der Waals surface area contributed by atoms with E-state index in [1.54, 1.807) is 18.3 Å². The first-order chi connectivity index (χ1) is 16.2. The van der Waals surface area contributed by atoms with E-state index >= 15 is 0 Å². The molecule has 33 heavy (non-hydrogen) atoms. The molecule has 2 aliphatic heterocycles. The number of carbonyl (C=O) groups excluding carboxylic acids is 1. The van der Waals surface area contributed by atoms with Gasteiger partial charge in [-0.15, -0.1) is 5.10 Å². The molecule has 0 radical (unpaired) electrons. The molecule has 0 unspecified atom stereocenters. The summed E-state index contributed by atoms with van der Waals surface area (Å²) in [6.45, 7) is 5.56. The molecule has 1 aromatic carbocycles. The summed E-state index contributed by atoms with van der Waals surface area (Å²) in [5.74, 6) is 1.64. The van der Waals surface area contributed by atoms with E-state index in [4.69, 9.17) is 4.98 Å². The minimum Gasteiger partial charge on any atom is -0.353 e. The Hall–Kier alpha value is -3.07. The number of hydrogen-bond donors (Lipinski definition) is 0. The summed E-state index contributed by atoms with van der Waals surface area (Å²) in [5.41, 5.74) is 2.53. The van der Waals surface area contributed by atoms with Crippen molar-refractivity contribution in [2.45, 2.75) is 31.7 Å². The minimum absolute atomic E-state index is 0.245. The predicted molar refractivity (Wildman–Crippen MR) is 123 cm³/mol. The number of anilines is 1. The lowest BCUT2D eigenvalue weighted by molar-refractivity contribution is -0.131. The second-order valence-electron chi connectivity index (χ2n) is 9.32. The number of rotatable bonds is 5. The maximum Gasteiger partial charge on any atom is 0.236 e. The molecule has 1 amide bonds. The lowest BCUT2D eigenvalue weighted by Gasteiger charge is -2.35. The molecule has 3 aromatic rings. The van der Waals surface area contributed by atoms with Crippen LogP contribution in [0, 0.1) is 5.82 Å². The number of halogens is 1. The molecule has 2 saturated heterocycles. The molecule has 1 aliphatic carbocycles. The van der Waals surface area contributed by atoms with Gasteiger partial charge in [-0.05, 0) is 49.9 Å². The number of hydrogen-bond acceptors (Lipinski definition) is 6. The van der Waals surface area contributed by atoms with Crippen LogP contribution in [-0.2, 0) is 4.79 Å². The van der Waals surface area contributed by atoms with Gasteiger partial charge in [0, 0.05) is 50.9 Å². The van der Waals surface area contributed by atoms with Gasteiger partial charge in [-0.3, -0.25) is 9.69 Å². The second kappa shape index (κ2) is 8.37. The molecule has 8 nitrogen and oxygen atoms in total. The number of imidazole rings is 1. The summed E-state index contributed by atoms with van der Waals surface area (Å²) in [5, 5.41) is 8.65. The lowest BCUT2D eigenvalue weighted by Crippen LogP contribution is -2.50.